The van der Waals surface area contributed by atoms with Crippen LogP contribution in [0, 0.1) is 0 Å². The Hall–Kier alpha value is -1.74. The highest BCUT2D eigenvalue weighted by Gasteiger charge is 2.18. The fourth-order valence-electron chi connectivity index (χ4n) is 2.41. The minimum absolute atomic E-state index is 0.125. The van der Waals surface area contributed by atoms with E-state index >= 15 is 0 Å². The van der Waals surface area contributed by atoms with Gasteiger partial charge in [-0.1, -0.05) is 0 Å². The van der Waals surface area contributed by atoms with Crippen LogP contribution < -0.4 is 15.1 Å². The van der Waals surface area contributed by atoms with Crippen molar-refractivity contribution in [2.45, 2.75) is 19.4 Å². The number of thiophene rings is 1. The minimum atomic E-state index is -0.125. The van der Waals surface area contributed by atoms with E-state index in [4.69, 9.17) is 0 Å². The maximum atomic E-state index is 12.2. The molecule has 1 aliphatic rings. The van der Waals surface area contributed by atoms with Crippen LogP contribution in [0.2, 0.25) is 0 Å². The van der Waals surface area contributed by atoms with Gasteiger partial charge in [-0.3, -0.25) is 4.79 Å². The van der Waals surface area contributed by atoms with Crippen LogP contribution in [0.3, 0.4) is 0 Å². The molecule has 1 aliphatic heterocycles. The Kier molecular flexibility index (Phi) is 5.30. The molecule has 0 saturated carbocycles. The fourth-order valence-corrected chi connectivity index (χ4v) is 3.75. The summed E-state index contributed by atoms with van der Waals surface area (Å²) in [5.74, 6) is 1.74. The van der Waals surface area contributed by atoms with Crippen molar-refractivity contribution in [1.82, 2.24) is 20.3 Å². The quantitative estimate of drug-likeness (QED) is 0.814. The second kappa shape index (κ2) is 7.43. The number of nitrogens with zero attached hydrogens (tertiary/aromatic N) is 5. The summed E-state index contributed by atoms with van der Waals surface area (Å²) in [5.41, 5.74) is 0. The molecule has 0 unspecified atom stereocenters. The number of carbonyl (C=O) groups is 1. The van der Waals surface area contributed by atoms with Gasteiger partial charge in [-0.05, 0) is 34.8 Å². The van der Waals surface area contributed by atoms with E-state index in [1.807, 2.05) is 24.4 Å². The summed E-state index contributed by atoms with van der Waals surface area (Å²) in [6.07, 6.45) is 2.31. The van der Waals surface area contributed by atoms with Crippen molar-refractivity contribution in [3.63, 3.8) is 0 Å². The number of carbonyl (C=O) groups excluding carboxylic acids is 1. The van der Waals surface area contributed by atoms with Crippen molar-refractivity contribution in [2.24, 2.45) is 0 Å². The number of hydrogen-bond acceptors (Lipinski definition) is 7. The summed E-state index contributed by atoms with van der Waals surface area (Å²) in [6.45, 7) is 2.20. The summed E-state index contributed by atoms with van der Waals surface area (Å²) in [7, 11) is 3.79. The second-order valence-electron chi connectivity index (χ2n) is 5.75. The lowest BCUT2D eigenvalue weighted by Crippen LogP contribution is -2.27. The molecule has 1 fully saturated rings. The van der Waals surface area contributed by atoms with Crippen molar-refractivity contribution in [3.8, 4) is 0 Å². The van der Waals surface area contributed by atoms with Gasteiger partial charge in [0, 0.05) is 37.0 Å². The average Bonchev–Trinajstić information content (AvgIpc) is 3.23. The number of halogens is 1. The van der Waals surface area contributed by atoms with E-state index in [1.54, 1.807) is 6.07 Å². The van der Waals surface area contributed by atoms with Gasteiger partial charge in [0.1, 0.15) is 0 Å². The van der Waals surface area contributed by atoms with Crippen LogP contribution in [-0.2, 0) is 6.54 Å². The number of amides is 1. The van der Waals surface area contributed by atoms with E-state index in [-0.39, 0.29) is 12.5 Å². The molecule has 3 rings (SSSR count). The minimum Gasteiger partial charge on any atom is -0.347 e. The normalized spacial score (nSPS) is 14.0. The molecular formula is C15H19BrN6OS. The molecule has 9 heteroatoms. The van der Waals surface area contributed by atoms with Crippen LogP contribution in [0.15, 0.2) is 15.9 Å². The van der Waals surface area contributed by atoms with Gasteiger partial charge in [0.05, 0.1) is 11.4 Å². The summed E-state index contributed by atoms with van der Waals surface area (Å²) < 4.78 is 0.907. The van der Waals surface area contributed by atoms with Crippen LogP contribution >= 0.6 is 27.3 Å². The fraction of sp³-hybridized carbons (Fsp3) is 0.467. The molecule has 1 amide bonds. The molecular weight excluding hydrogens is 392 g/mol. The monoisotopic (exact) mass is 410 g/mol. The average molecular weight is 411 g/mol. The molecule has 7 nitrogen and oxygen atoms in total. The Morgan fingerprint density at radius 2 is 2.08 bits per heavy atom. The Labute approximate surface area is 153 Å². The first-order valence-electron chi connectivity index (χ1n) is 7.72. The van der Waals surface area contributed by atoms with Crippen molar-refractivity contribution in [1.29, 1.82) is 0 Å². The first kappa shape index (κ1) is 17.1. The van der Waals surface area contributed by atoms with Gasteiger partial charge in [0.15, 0.2) is 5.82 Å². The molecule has 0 aromatic carbocycles. The molecule has 2 aromatic rings. The summed E-state index contributed by atoms with van der Waals surface area (Å²) >= 11 is 4.75. The number of anilines is 2. The standard InChI is InChI=1S/C15H19BrN6OS/c1-21(2)14-18-12(19-15(20-14)22-5-3-4-6-22)8-17-13(23)11-7-10(16)9-24-11/h7,9H,3-6,8H2,1-2H3,(H,17,23). The lowest BCUT2D eigenvalue weighted by atomic mass is 10.4. The summed E-state index contributed by atoms with van der Waals surface area (Å²) in [6, 6.07) is 1.80. The van der Waals surface area contributed by atoms with Crippen LogP contribution in [-0.4, -0.2) is 48.0 Å². The zero-order chi connectivity index (χ0) is 17.1. The number of nitrogens with one attached hydrogen (secondary N) is 1. The van der Waals surface area contributed by atoms with Crippen LogP contribution in [0.25, 0.3) is 0 Å². The Morgan fingerprint density at radius 1 is 1.33 bits per heavy atom. The molecule has 3 heterocycles. The third-order valence-corrected chi connectivity index (χ3v) is 5.34. The lowest BCUT2D eigenvalue weighted by Gasteiger charge is -2.18. The van der Waals surface area contributed by atoms with E-state index in [2.05, 4.69) is 41.1 Å². The van der Waals surface area contributed by atoms with Gasteiger partial charge in [-0.15, -0.1) is 11.3 Å². The molecule has 0 aliphatic carbocycles. The lowest BCUT2D eigenvalue weighted by molar-refractivity contribution is 0.0954. The number of aromatic nitrogens is 3. The smallest absolute Gasteiger partial charge is 0.261 e. The highest BCUT2D eigenvalue weighted by molar-refractivity contribution is 9.10. The highest BCUT2D eigenvalue weighted by Crippen LogP contribution is 2.20. The van der Waals surface area contributed by atoms with Crippen molar-refractivity contribution in [2.75, 3.05) is 37.0 Å². The number of rotatable bonds is 5. The zero-order valence-electron chi connectivity index (χ0n) is 13.6. The predicted molar refractivity (Wildman–Crippen MR) is 98.8 cm³/mol. The van der Waals surface area contributed by atoms with E-state index in [1.165, 1.54) is 11.3 Å². The second-order valence-corrected chi connectivity index (χ2v) is 7.58. The van der Waals surface area contributed by atoms with Gasteiger partial charge >= 0.3 is 0 Å². The summed E-state index contributed by atoms with van der Waals surface area (Å²) in [5, 5.41) is 4.76. The van der Waals surface area contributed by atoms with Crippen molar-refractivity contribution >= 4 is 45.1 Å². The first-order valence-corrected chi connectivity index (χ1v) is 9.39. The van der Waals surface area contributed by atoms with Gasteiger partial charge < -0.3 is 15.1 Å². The molecule has 0 atom stereocenters. The highest BCUT2D eigenvalue weighted by atomic mass is 79.9. The van der Waals surface area contributed by atoms with Gasteiger partial charge in [0.2, 0.25) is 11.9 Å². The van der Waals surface area contributed by atoms with Crippen LogP contribution in [0.1, 0.15) is 28.3 Å². The Morgan fingerprint density at radius 3 is 2.71 bits per heavy atom. The predicted octanol–water partition coefficient (Wildman–Crippen LogP) is 2.29. The van der Waals surface area contributed by atoms with Crippen molar-refractivity contribution < 1.29 is 4.79 Å². The largest absolute Gasteiger partial charge is 0.347 e. The molecule has 0 spiro atoms. The molecule has 2 aromatic heterocycles. The Bertz CT molecular complexity index is 729. The van der Waals surface area contributed by atoms with Crippen LogP contribution in [0.4, 0.5) is 11.9 Å². The summed E-state index contributed by atoms with van der Waals surface area (Å²) in [4.78, 5) is 30.3. The van der Waals surface area contributed by atoms with E-state index < -0.39 is 0 Å². The van der Waals surface area contributed by atoms with Crippen LogP contribution in [0.5, 0.6) is 0 Å². The third kappa shape index (κ3) is 4.02. The molecule has 0 bridgehead atoms. The molecule has 0 radical (unpaired) electrons. The number of hydrogen-bond donors (Lipinski definition) is 1. The SMILES string of the molecule is CN(C)c1nc(CNC(=O)c2cc(Br)cs2)nc(N2CCCC2)n1. The molecule has 1 N–H and O–H groups in total. The van der Waals surface area contributed by atoms with Gasteiger partial charge in [-0.25, -0.2) is 0 Å². The van der Waals surface area contributed by atoms with E-state index in [0.29, 0.717) is 22.6 Å². The zero-order valence-corrected chi connectivity index (χ0v) is 16.0. The third-order valence-electron chi connectivity index (χ3n) is 3.65. The maximum Gasteiger partial charge on any atom is 0.261 e. The molecule has 1 saturated heterocycles. The first-order chi connectivity index (χ1) is 11.5. The van der Waals surface area contributed by atoms with Crippen molar-refractivity contribution in [3.05, 3.63) is 26.6 Å². The topological polar surface area (TPSA) is 74.2 Å². The Balaban J connectivity index is 1.75. The van der Waals surface area contributed by atoms with Gasteiger partial charge in [-0.2, -0.15) is 15.0 Å². The molecule has 24 heavy (non-hydrogen) atoms. The molecule has 128 valence electrons. The van der Waals surface area contributed by atoms with E-state index in [0.717, 1.165) is 30.4 Å². The van der Waals surface area contributed by atoms with Gasteiger partial charge in [0.25, 0.3) is 5.91 Å². The van der Waals surface area contributed by atoms with E-state index in [9.17, 15) is 4.79 Å². The maximum absolute atomic E-state index is 12.2.